The van der Waals surface area contributed by atoms with E-state index in [1.807, 2.05) is 0 Å². The first-order chi connectivity index (χ1) is 7.79. The minimum Gasteiger partial charge on any atom is -0.260 e. The van der Waals surface area contributed by atoms with E-state index < -0.39 is 41.4 Å². The Labute approximate surface area is 93.7 Å². The number of nitriles is 1. The average molecular weight is 250 g/mol. The first-order valence-corrected chi connectivity index (χ1v) is 4.49. The third-order valence-corrected chi connectivity index (χ3v) is 2.18. The van der Waals surface area contributed by atoms with E-state index in [2.05, 4.69) is 4.98 Å². The van der Waals surface area contributed by atoms with Crippen molar-refractivity contribution in [1.82, 2.24) is 4.98 Å². The number of hydrogen-bond acceptors (Lipinski definition) is 2. The van der Waals surface area contributed by atoms with Crippen molar-refractivity contribution in [3.63, 3.8) is 0 Å². The first-order valence-electron chi connectivity index (χ1n) is 4.49. The van der Waals surface area contributed by atoms with Gasteiger partial charge in [-0.3, -0.25) is 4.98 Å². The lowest BCUT2D eigenvalue weighted by molar-refractivity contribution is -0.139. The van der Waals surface area contributed by atoms with Crippen molar-refractivity contribution in [2.45, 2.75) is 25.9 Å². The Hall–Kier alpha value is -1.71. The van der Waals surface area contributed by atoms with Crippen LogP contribution >= 0.6 is 0 Å². The molecular weight excluding hydrogens is 243 g/mol. The second-order valence-corrected chi connectivity index (χ2v) is 3.29. The van der Waals surface area contributed by atoms with E-state index in [9.17, 15) is 22.0 Å². The van der Waals surface area contributed by atoms with Crippen molar-refractivity contribution in [2.24, 2.45) is 0 Å². The monoisotopic (exact) mass is 250 g/mol. The fourth-order valence-electron chi connectivity index (χ4n) is 1.51. The number of rotatable bonds is 2. The summed E-state index contributed by atoms with van der Waals surface area (Å²) in [5, 5.41) is 8.42. The Morgan fingerprint density at radius 2 is 2.00 bits per heavy atom. The Morgan fingerprint density at radius 1 is 1.41 bits per heavy atom. The van der Waals surface area contributed by atoms with Gasteiger partial charge in [0, 0.05) is 17.5 Å². The van der Waals surface area contributed by atoms with Crippen LogP contribution < -0.4 is 0 Å². The van der Waals surface area contributed by atoms with Crippen molar-refractivity contribution in [1.29, 1.82) is 5.26 Å². The maximum absolute atomic E-state index is 12.7. The highest BCUT2D eigenvalue weighted by molar-refractivity contribution is 5.40. The SMILES string of the molecule is Cc1ncc(C(F)F)c(CC#N)c1C(F)(F)F. The number of nitrogens with zero attached hydrogens (tertiary/aromatic N) is 2. The van der Waals surface area contributed by atoms with Crippen molar-refractivity contribution in [2.75, 3.05) is 0 Å². The lowest BCUT2D eigenvalue weighted by Gasteiger charge is -2.16. The highest BCUT2D eigenvalue weighted by Crippen LogP contribution is 2.37. The number of halogens is 5. The van der Waals surface area contributed by atoms with Gasteiger partial charge in [0.25, 0.3) is 6.43 Å². The van der Waals surface area contributed by atoms with Crippen LogP contribution in [0.4, 0.5) is 22.0 Å². The highest BCUT2D eigenvalue weighted by Gasteiger charge is 2.37. The van der Waals surface area contributed by atoms with Crippen LogP contribution in [-0.2, 0) is 12.6 Å². The molecule has 0 aliphatic heterocycles. The molecule has 7 heteroatoms. The normalized spacial score (nSPS) is 11.6. The molecule has 0 saturated carbocycles. The van der Waals surface area contributed by atoms with E-state index in [1.54, 1.807) is 0 Å². The van der Waals surface area contributed by atoms with Gasteiger partial charge in [-0.05, 0) is 12.5 Å². The molecule has 1 rings (SSSR count). The van der Waals surface area contributed by atoms with Crippen molar-refractivity contribution >= 4 is 0 Å². The lowest BCUT2D eigenvalue weighted by atomic mass is 9.99. The Morgan fingerprint density at radius 3 is 2.41 bits per heavy atom. The fraction of sp³-hybridized carbons (Fsp3) is 0.400. The molecule has 0 aromatic carbocycles. The summed E-state index contributed by atoms with van der Waals surface area (Å²) in [6, 6.07) is 1.46. The summed E-state index contributed by atoms with van der Waals surface area (Å²) in [7, 11) is 0. The quantitative estimate of drug-likeness (QED) is 0.754. The molecule has 0 atom stereocenters. The molecule has 1 heterocycles. The second-order valence-electron chi connectivity index (χ2n) is 3.29. The van der Waals surface area contributed by atoms with Crippen LogP contribution in [0.1, 0.15) is 28.8 Å². The maximum atomic E-state index is 12.7. The van der Waals surface area contributed by atoms with Crippen LogP contribution in [0.25, 0.3) is 0 Å². The minimum absolute atomic E-state index is 0.410. The van der Waals surface area contributed by atoms with E-state index in [4.69, 9.17) is 5.26 Å². The summed E-state index contributed by atoms with van der Waals surface area (Å²) in [5.41, 5.74) is -3.18. The van der Waals surface area contributed by atoms with Crippen LogP contribution in [0.5, 0.6) is 0 Å². The van der Waals surface area contributed by atoms with E-state index >= 15 is 0 Å². The number of alkyl halides is 5. The summed E-state index contributed by atoms with van der Waals surface area (Å²) in [4.78, 5) is 3.30. The van der Waals surface area contributed by atoms with Gasteiger partial charge in [0.1, 0.15) is 0 Å². The summed E-state index contributed by atoms with van der Waals surface area (Å²) in [6.45, 7) is 1.07. The molecule has 0 spiro atoms. The number of hydrogen-bond donors (Lipinski definition) is 0. The van der Waals surface area contributed by atoms with E-state index in [0.29, 0.717) is 6.20 Å². The number of aryl methyl sites for hydroxylation is 1. The van der Waals surface area contributed by atoms with Crippen LogP contribution in [0, 0.1) is 18.3 Å². The second kappa shape index (κ2) is 4.65. The summed E-state index contributed by atoms with van der Waals surface area (Å²) < 4.78 is 63.1. The van der Waals surface area contributed by atoms with Gasteiger partial charge in [-0.2, -0.15) is 18.4 Å². The van der Waals surface area contributed by atoms with Gasteiger partial charge >= 0.3 is 6.18 Å². The molecule has 0 aliphatic carbocycles. The number of aromatic nitrogens is 1. The van der Waals surface area contributed by atoms with Crippen molar-refractivity contribution < 1.29 is 22.0 Å². The predicted octanol–water partition coefficient (Wildman–Crippen LogP) is 3.41. The Kier molecular flexibility index (Phi) is 3.66. The standard InChI is InChI=1S/C10H7F5N2/c1-5-8(10(13,14)15)6(2-3-16)7(4-17-5)9(11)12/h4,9H,2H2,1H3. The molecule has 92 valence electrons. The molecule has 17 heavy (non-hydrogen) atoms. The third kappa shape index (κ3) is 2.70. The molecule has 2 nitrogen and oxygen atoms in total. The van der Waals surface area contributed by atoms with Gasteiger partial charge in [0.05, 0.1) is 18.1 Å². The van der Waals surface area contributed by atoms with Gasteiger partial charge < -0.3 is 0 Å². The lowest BCUT2D eigenvalue weighted by Crippen LogP contribution is -2.15. The smallest absolute Gasteiger partial charge is 0.260 e. The summed E-state index contributed by atoms with van der Waals surface area (Å²) >= 11 is 0. The third-order valence-electron chi connectivity index (χ3n) is 2.18. The molecule has 0 fully saturated rings. The zero-order valence-corrected chi connectivity index (χ0v) is 8.65. The predicted molar refractivity (Wildman–Crippen MR) is 48.3 cm³/mol. The molecular formula is C10H7F5N2. The van der Waals surface area contributed by atoms with Gasteiger partial charge in [0.2, 0.25) is 0 Å². The largest absolute Gasteiger partial charge is 0.418 e. The maximum Gasteiger partial charge on any atom is 0.418 e. The van der Waals surface area contributed by atoms with Crippen molar-refractivity contribution in [3.8, 4) is 6.07 Å². The van der Waals surface area contributed by atoms with E-state index in [1.165, 1.54) is 6.07 Å². The van der Waals surface area contributed by atoms with E-state index in [0.717, 1.165) is 6.92 Å². The molecule has 0 radical (unpaired) electrons. The summed E-state index contributed by atoms with van der Waals surface area (Å²) in [6.07, 6.45) is -7.93. The van der Waals surface area contributed by atoms with Gasteiger partial charge in [0.15, 0.2) is 0 Å². The van der Waals surface area contributed by atoms with Crippen LogP contribution in [0.2, 0.25) is 0 Å². The van der Waals surface area contributed by atoms with Gasteiger partial charge in [-0.25, -0.2) is 8.78 Å². The molecule has 0 aliphatic rings. The highest BCUT2D eigenvalue weighted by atomic mass is 19.4. The average Bonchev–Trinajstić information content (AvgIpc) is 2.15. The van der Waals surface area contributed by atoms with Gasteiger partial charge in [-0.15, -0.1) is 0 Å². The molecule has 0 bridgehead atoms. The first kappa shape index (κ1) is 13.4. The van der Waals surface area contributed by atoms with Crippen LogP contribution in [-0.4, -0.2) is 4.98 Å². The molecule has 1 aromatic heterocycles. The molecule has 0 amide bonds. The van der Waals surface area contributed by atoms with E-state index in [-0.39, 0.29) is 0 Å². The molecule has 1 aromatic rings. The topological polar surface area (TPSA) is 36.7 Å². The van der Waals surface area contributed by atoms with Crippen molar-refractivity contribution in [3.05, 3.63) is 28.6 Å². The number of pyridine rings is 1. The molecule has 0 unspecified atom stereocenters. The fourth-order valence-corrected chi connectivity index (χ4v) is 1.51. The zero-order chi connectivity index (χ0) is 13.2. The van der Waals surface area contributed by atoms with Crippen LogP contribution in [0.15, 0.2) is 6.20 Å². The minimum atomic E-state index is -4.80. The molecule has 0 saturated heterocycles. The Bertz CT molecular complexity index is 459. The van der Waals surface area contributed by atoms with Crippen LogP contribution in [0.3, 0.4) is 0 Å². The van der Waals surface area contributed by atoms with Gasteiger partial charge in [-0.1, -0.05) is 0 Å². The Balaban J connectivity index is 3.56. The molecule has 0 N–H and O–H groups in total. The summed E-state index contributed by atoms with van der Waals surface area (Å²) in [5.74, 6) is 0. The zero-order valence-electron chi connectivity index (χ0n) is 8.65.